The van der Waals surface area contributed by atoms with Crippen molar-refractivity contribution in [2.75, 3.05) is 13.1 Å². The first-order valence-corrected chi connectivity index (χ1v) is 5.66. The Morgan fingerprint density at radius 2 is 2.00 bits per heavy atom. The van der Waals surface area contributed by atoms with Crippen LogP contribution in [0.2, 0.25) is 0 Å². The number of hydrogen-bond donors (Lipinski definition) is 1. The van der Waals surface area contributed by atoms with Gasteiger partial charge >= 0.3 is 0 Å². The van der Waals surface area contributed by atoms with E-state index >= 15 is 0 Å². The minimum atomic E-state index is -0.650. The van der Waals surface area contributed by atoms with Crippen LogP contribution in [0.5, 0.6) is 0 Å². The zero-order valence-electron chi connectivity index (χ0n) is 9.26. The standard InChI is InChI=1S/C13H16N2O/c14-7-6-13(16)12-4-2-11(3-5-12)10-15-8-1-9-15/h2-5,13,16H,1,6,8-10H2. The van der Waals surface area contributed by atoms with Gasteiger partial charge in [0.05, 0.1) is 18.6 Å². The average Bonchev–Trinajstić information content (AvgIpc) is 2.25. The molecule has 0 spiro atoms. The number of nitrogens with zero attached hydrogens (tertiary/aromatic N) is 2. The summed E-state index contributed by atoms with van der Waals surface area (Å²) in [5.74, 6) is 0. The quantitative estimate of drug-likeness (QED) is 0.835. The van der Waals surface area contributed by atoms with Crippen LogP contribution in [-0.4, -0.2) is 23.1 Å². The number of likely N-dealkylation sites (tertiary alicyclic amines) is 1. The fourth-order valence-corrected chi connectivity index (χ4v) is 1.85. The molecule has 1 N–H and O–H groups in total. The highest BCUT2D eigenvalue weighted by molar-refractivity contribution is 5.24. The molecule has 1 aromatic rings. The first-order chi connectivity index (χ1) is 7.79. The summed E-state index contributed by atoms with van der Waals surface area (Å²) in [5, 5.41) is 18.1. The Labute approximate surface area is 95.9 Å². The summed E-state index contributed by atoms with van der Waals surface area (Å²) in [6, 6.07) is 9.87. The molecular formula is C13H16N2O. The van der Waals surface area contributed by atoms with E-state index in [1.165, 1.54) is 25.1 Å². The van der Waals surface area contributed by atoms with Gasteiger partial charge in [0.15, 0.2) is 0 Å². The van der Waals surface area contributed by atoms with E-state index in [4.69, 9.17) is 5.26 Å². The van der Waals surface area contributed by atoms with Gasteiger partial charge in [-0.1, -0.05) is 24.3 Å². The highest BCUT2D eigenvalue weighted by atomic mass is 16.3. The Balaban J connectivity index is 1.95. The van der Waals surface area contributed by atoms with Crippen molar-refractivity contribution in [1.82, 2.24) is 4.90 Å². The van der Waals surface area contributed by atoms with Gasteiger partial charge in [0.2, 0.25) is 0 Å². The highest BCUT2D eigenvalue weighted by Gasteiger charge is 2.13. The first kappa shape index (κ1) is 11.1. The second kappa shape index (κ2) is 5.11. The van der Waals surface area contributed by atoms with E-state index in [1.54, 1.807) is 0 Å². The summed E-state index contributed by atoms with van der Waals surface area (Å²) in [6.45, 7) is 3.38. The van der Waals surface area contributed by atoms with Gasteiger partial charge in [-0.25, -0.2) is 0 Å². The van der Waals surface area contributed by atoms with E-state index in [0.717, 1.165) is 12.1 Å². The van der Waals surface area contributed by atoms with E-state index in [2.05, 4.69) is 4.90 Å². The molecule has 16 heavy (non-hydrogen) atoms. The Morgan fingerprint density at radius 1 is 1.31 bits per heavy atom. The minimum Gasteiger partial charge on any atom is -0.387 e. The number of aliphatic hydroxyl groups excluding tert-OH is 1. The molecule has 2 rings (SSSR count). The number of nitriles is 1. The molecule has 1 saturated heterocycles. The SMILES string of the molecule is N#CCC(O)c1ccc(CN2CCC2)cc1. The Kier molecular flexibility index (Phi) is 3.55. The minimum absolute atomic E-state index is 0.158. The van der Waals surface area contributed by atoms with E-state index in [9.17, 15) is 5.11 Å². The van der Waals surface area contributed by atoms with Crippen LogP contribution in [0.3, 0.4) is 0 Å². The van der Waals surface area contributed by atoms with Gasteiger partial charge in [-0.3, -0.25) is 4.90 Å². The van der Waals surface area contributed by atoms with Gasteiger partial charge in [-0.05, 0) is 30.6 Å². The maximum absolute atomic E-state index is 9.62. The summed E-state index contributed by atoms with van der Waals surface area (Å²) in [4.78, 5) is 2.39. The lowest BCUT2D eigenvalue weighted by Gasteiger charge is -2.30. The van der Waals surface area contributed by atoms with Gasteiger partial charge in [-0.15, -0.1) is 0 Å². The molecule has 0 amide bonds. The van der Waals surface area contributed by atoms with Gasteiger partial charge in [0, 0.05) is 6.54 Å². The Bertz CT molecular complexity index is 376. The molecular weight excluding hydrogens is 200 g/mol. The van der Waals surface area contributed by atoms with Crippen molar-refractivity contribution < 1.29 is 5.11 Å². The fraction of sp³-hybridized carbons (Fsp3) is 0.462. The lowest BCUT2D eigenvalue weighted by atomic mass is 10.0. The van der Waals surface area contributed by atoms with Crippen LogP contribution in [0.4, 0.5) is 0 Å². The topological polar surface area (TPSA) is 47.3 Å². The number of hydrogen-bond acceptors (Lipinski definition) is 3. The van der Waals surface area contributed by atoms with Crippen molar-refractivity contribution in [3.05, 3.63) is 35.4 Å². The van der Waals surface area contributed by atoms with Crippen LogP contribution in [0, 0.1) is 11.3 Å². The molecule has 1 atom stereocenters. The van der Waals surface area contributed by atoms with Crippen molar-refractivity contribution in [2.45, 2.75) is 25.5 Å². The first-order valence-electron chi connectivity index (χ1n) is 5.66. The normalized spacial score (nSPS) is 17.5. The van der Waals surface area contributed by atoms with Gasteiger partial charge in [0.25, 0.3) is 0 Å². The number of aliphatic hydroxyl groups is 1. The Morgan fingerprint density at radius 3 is 2.50 bits per heavy atom. The Hall–Kier alpha value is -1.37. The summed E-state index contributed by atoms with van der Waals surface area (Å²) < 4.78 is 0. The molecule has 0 radical (unpaired) electrons. The molecule has 3 nitrogen and oxygen atoms in total. The fourth-order valence-electron chi connectivity index (χ4n) is 1.85. The zero-order chi connectivity index (χ0) is 11.4. The summed E-state index contributed by atoms with van der Waals surface area (Å²) in [7, 11) is 0. The van der Waals surface area contributed by atoms with Crippen molar-refractivity contribution in [3.8, 4) is 6.07 Å². The average molecular weight is 216 g/mol. The van der Waals surface area contributed by atoms with E-state index in [1.807, 2.05) is 30.3 Å². The van der Waals surface area contributed by atoms with Crippen LogP contribution < -0.4 is 0 Å². The molecule has 84 valence electrons. The molecule has 0 bridgehead atoms. The van der Waals surface area contributed by atoms with Crippen LogP contribution in [0.15, 0.2) is 24.3 Å². The predicted octanol–water partition coefficient (Wildman–Crippen LogP) is 1.84. The molecule has 1 aliphatic heterocycles. The number of benzene rings is 1. The van der Waals surface area contributed by atoms with Crippen LogP contribution in [0.25, 0.3) is 0 Å². The molecule has 3 heteroatoms. The van der Waals surface area contributed by atoms with Crippen molar-refractivity contribution in [3.63, 3.8) is 0 Å². The molecule has 1 aromatic carbocycles. The van der Waals surface area contributed by atoms with Gasteiger partial charge < -0.3 is 5.11 Å². The molecule has 0 saturated carbocycles. The largest absolute Gasteiger partial charge is 0.387 e. The molecule has 0 aliphatic carbocycles. The third-order valence-electron chi connectivity index (χ3n) is 3.00. The van der Waals surface area contributed by atoms with Crippen molar-refractivity contribution in [1.29, 1.82) is 5.26 Å². The zero-order valence-corrected chi connectivity index (χ0v) is 9.26. The highest BCUT2D eigenvalue weighted by Crippen LogP contribution is 2.18. The third-order valence-corrected chi connectivity index (χ3v) is 3.00. The predicted molar refractivity (Wildman–Crippen MR) is 61.5 cm³/mol. The summed E-state index contributed by atoms with van der Waals surface area (Å²) in [5.41, 5.74) is 2.10. The third kappa shape index (κ3) is 2.60. The molecule has 0 aromatic heterocycles. The maximum Gasteiger partial charge on any atom is 0.0919 e. The second-order valence-electron chi connectivity index (χ2n) is 4.25. The van der Waals surface area contributed by atoms with Crippen molar-refractivity contribution >= 4 is 0 Å². The van der Waals surface area contributed by atoms with E-state index in [-0.39, 0.29) is 6.42 Å². The summed E-state index contributed by atoms with van der Waals surface area (Å²) in [6.07, 6.45) is 0.813. The summed E-state index contributed by atoms with van der Waals surface area (Å²) >= 11 is 0. The molecule has 1 unspecified atom stereocenters. The smallest absolute Gasteiger partial charge is 0.0919 e. The lowest BCUT2D eigenvalue weighted by molar-refractivity contribution is 0.172. The van der Waals surface area contributed by atoms with Crippen molar-refractivity contribution in [2.24, 2.45) is 0 Å². The van der Waals surface area contributed by atoms with Crippen LogP contribution in [0.1, 0.15) is 30.1 Å². The van der Waals surface area contributed by atoms with Gasteiger partial charge in [-0.2, -0.15) is 5.26 Å². The number of rotatable bonds is 4. The van der Waals surface area contributed by atoms with Crippen LogP contribution >= 0.6 is 0 Å². The molecule has 1 aliphatic rings. The van der Waals surface area contributed by atoms with E-state index < -0.39 is 6.10 Å². The lowest BCUT2D eigenvalue weighted by Crippen LogP contribution is -2.36. The second-order valence-corrected chi connectivity index (χ2v) is 4.25. The van der Waals surface area contributed by atoms with Crippen LogP contribution in [-0.2, 0) is 6.54 Å². The monoisotopic (exact) mass is 216 g/mol. The molecule has 1 heterocycles. The maximum atomic E-state index is 9.62. The molecule has 1 fully saturated rings. The van der Waals surface area contributed by atoms with E-state index in [0.29, 0.717) is 0 Å². The van der Waals surface area contributed by atoms with Gasteiger partial charge in [0.1, 0.15) is 0 Å².